The summed E-state index contributed by atoms with van der Waals surface area (Å²) in [6.07, 6.45) is 1.94. The number of rotatable bonds is 6. The van der Waals surface area contributed by atoms with Gasteiger partial charge in [0, 0.05) is 12.2 Å². The van der Waals surface area contributed by atoms with E-state index in [1.54, 1.807) is 12.1 Å². The maximum absolute atomic E-state index is 13.6. The third kappa shape index (κ3) is 4.36. The second-order valence-corrected chi connectivity index (χ2v) is 5.38. The van der Waals surface area contributed by atoms with Crippen LogP contribution in [0, 0.1) is 24.5 Å². The van der Waals surface area contributed by atoms with Gasteiger partial charge in [0.2, 0.25) is 0 Å². The van der Waals surface area contributed by atoms with E-state index < -0.39 is 11.6 Å². The fourth-order valence-corrected chi connectivity index (χ4v) is 2.37. The van der Waals surface area contributed by atoms with Crippen molar-refractivity contribution in [2.75, 3.05) is 6.61 Å². The van der Waals surface area contributed by atoms with Crippen LogP contribution in [0.25, 0.3) is 0 Å². The van der Waals surface area contributed by atoms with Crippen LogP contribution in [0.5, 0.6) is 0 Å². The Balaban J connectivity index is 1.98. The van der Waals surface area contributed by atoms with Crippen molar-refractivity contribution in [1.82, 2.24) is 0 Å². The van der Waals surface area contributed by atoms with E-state index in [2.05, 4.69) is 0 Å². The van der Waals surface area contributed by atoms with Gasteiger partial charge in [-0.3, -0.25) is 0 Å². The van der Waals surface area contributed by atoms with Crippen molar-refractivity contribution in [3.63, 3.8) is 0 Å². The molecule has 2 aromatic rings. The van der Waals surface area contributed by atoms with Crippen molar-refractivity contribution in [2.45, 2.75) is 26.2 Å². The fourth-order valence-electron chi connectivity index (χ4n) is 2.37. The molecule has 0 fully saturated rings. The molecule has 0 spiro atoms. The molecule has 112 valence electrons. The Hall–Kier alpha value is -1.74. The zero-order valence-electron chi connectivity index (χ0n) is 13.1. The predicted molar refractivity (Wildman–Crippen MR) is 80.1 cm³/mol. The standard InChI is InChI=1S/C18H20F2O/c1-13-17(19)10-16(11-18(13)20)9-15(12-21)8-7-14-5-3-2-4-6-14/h2-6,10-11,15,21H,7-9,12H2,1H3/i2T. The Kier molecular flexibility index (Phi) is 4.95. The predicted octanol–water partition coefficient (Wildman–Crippen LogP) is 4.06. The quantitative estimate of drug-likeness (QED) is 0.851. The van der Waals surface area contributed by atoms with Crippen LogP contribution in [0.4, 0.5) is 8.78 Å². The van der Waals surface area contributed by atoms with Crippen molar-refractivity contribution in [3.05, 3.63) is 70.8 Å². The van der Waals surface area contributed by atoms with Crippen LogP contribution >= 0.6 is 0 Å². The first-order valence-electron chi connectivity index (χ1n) is 7.60. The summed E-state index contributed by atoms with van der Waals surface area (Å²) < 4.78 is 34.6. The van der Waals surface area contributed by atoms with E-state index >= 15 is 0 Å². The lowest BCUT2D eigenvalue weighted by Gasteiger charge is -2.15. The molecule has 1 unspecified atom stereocenters. The first kappa shape index (κ1) is 14.2. The molecule has 1 nitrogen and oxygen atoms in total. The minimum Gasteiger partial charge on any atom is -0.396 e. The lowest BCUT2D eigenvalue weighted by Crippen LogP contribution is -2.11. The first-order valence-corrected chi connectivity index (χ1v) is 7.10. The van der Waals surface area contributed by atoms with E-state index in [0.717, 1.165) is 18.4 Å². The third-order valence-electron chi connectivity index (χ3n) is 3.75. The highest BCUT2D eigenvalue weighted by Crippen LogP contribution is 2.19. The molecule has 0 aliphatic rings. The summed E-state index contributed by atoms with van der Waals surface area (Å²) >= 11 is 0. The summed E-state index contributed by atoms with van der Waals surface area (Å²) in [7, 11) is 0. The molecule has 2 aromatic carbocycles. The summed E-state index contributed by atoms with van der Waals surface area (Å²) in [6.45, 7) is 1.39. The van der Waals surface area contributed by atoms with Gasteiger partial charge in [0.15, 0.2) is 0 Å². The van der Waals surface area contributed by atoms with Gasteiger partial charge in [-0.2, -0.15) is 0 Å². The van der Waals surface area contributed by atoms with Crippen LogP contribution < -0.4 is 0 Å². The Bertz CT molecular complexity index is 602. The topological polar surface area (TPSA) is 20.2 Å². The van der Waals surface area contributed by atoms with Gasteiger partial charge >= 0.3 is 0 Å². The molecule has 0 aliphatic carbocycles. The van der Waals surface area contributed by atoms with Crippen LogP contribution in [-0.4, -0.2) is 11.7 Å². The molecule has 0 heterocycles. The van der Waals surface area contributed by atoms with Crippen molar-refractivity contribution >= 4 is 0 Å². The monoisotopic (exact) mass is 292 g/mol. The maximum atomic E-state index is 13.6. The zero-order valence-corrected chi connectivity index (χ0v) is 12.1. The molecular formula is C18H20F2O. The van der Waals surface area contributed by atoms with Crippen molar-refractivity contribution in [1.29, 1.82) is 0 Å². The van der Waals surface area contributed by atoms with Gasteiger partial charge in [0.1, 0.15) is 11.6 Å². The second kappa shape index (κ2) is 7.32. The van der Waals surface area contributed by atoms with Crippen molar-refractivity contribution in [3.8, 4) is 0 Å². The van der Waals surface area contributed by atoms with Gasteiger partial charge in [0.05, 0.1) is 1.37 Å². The molecule has 21 heavy (non-hydrogen) atoms. The highest BCUT2D eigenvalue weighted by Gasteiger charge is 2.12. The molecule has 0 bridgehead atoms. The molecule has 0 radical (unpaired) electrons. The minimum atomic E-state index is -0.544. The number of aliphatic hydroxyl groups is 1. The number of benzene rings is 2. The van der Waals surface area contributed by atoms with E-state index in [9.17, 15) is 13.9 Å². The Labute approximate surface area is 125 Å². The SMILES string of the molecule is [3H]c1ccc(CCC(CO)Cc2cc(F)c(C)c(F)c2)cc1. The summed E-state index contributed by atoms with van der Waals surface area (Å²) in [5.74, 6) is -1.13. The van der Waals surface area contributed by atoms with Gasteiger partial charge in [-0.05, 0) is 55.4 Å². The van der Waals surface area contributed by atoms with E-state index in [-0.39, 0.29) is 18.1 Å². The summed E-state index contributed by atoms with van der Waals surface area (Å²) in [5, 5.41) is 9.49. The average molecular weight is 292 g/mol. The van der Waals surface area contributed by atoms with Gasteiger partial charge in [0.25, 0.3) is 0 Å². The van der Waals surface area contributed by atoms with E-state index in [4.69, 9.17) is 1.37 Å². The molecular weight excluding hydrogens is 270 g/mol. The maximum Gasteiger partial charge on any atom is 0.129 e. The van der Waals surface area contributed by atoms with E-state index in [1.807, 2.05) is 12.1 Å². The van der Waals surface area contributed by atoms with Crippen LogP contribution in [0.1, 0.15) is 24.5 Å². The summed E-state index contributed by atoms with van der Waals surface area (Å²) in [5.41, 5.74) is 1.69. The lowest BCUT2D eigenvalue weighted by molar-refractivity contribution is 0.218. The van der Waals surface area contributed by atoms with Crippen molar-refractivity contribution < 1.29 is 15.3 Å². The van der Waals surface area contributed by atoms with E-state index in [0.29, 0.717) is 18.0 Å². The van der Waals surface area contributed by atoms with Crippen LogP contribution in [0.2, 0.25) is 0 Å². The molecule has 0 saturated heterocycles. The normalized spacial score (nSPS) is 13.0. The minimum absolute atomic E-state index is 0.0202. The lowest BCUT2D eigenvalue weighted by atomic mass is 9.93. The third-order valence-corrected chi connectivity index (χ3v) is 3.75. The van der Waals surface area contributed by atoms with Gasteiger partial charge in [-0.1, -0.05) is 30.3 Å². The molecule has 1 atom stereocenters. The largest absolute Gasteiger partial charge is 0.396 e. The smallest absolute Gasteiger partial charge is 0.129 e. The van der Waals surface area contributed by atoms with Crippen LogP contribution in [0.15, 0.2) is 42.4 Å². The molecule has 3 heteroatoms. The van der Waals surface area contributed by atoms with Crippen LogP contribution in [-0.2, 0) is 12.8 Å². The zero-order chi connectivity index (χ0) is 16.1. The Morgan fingerprint density at radius 3 is 2.33 bits per heavy atom. The summed E-state index contributed by atoms with van der Waals surface area (Å²) in [4.78, 5) is 0. The molecule has 0 amide bonds. The molecule has 0 aliphatic heterocycles. The average Bonchev–Trinajstić information content (AvgIpc) is 2.50. The van der Waals surface area contributed by atoms with E-state index in [1.165, 1.54) is 19.1 Å². The molecule has 0 saturated carbocycles. The number of aliphatic hydroxyl groups excluding tert-OH is 1. The molecule has 2 rings (SSSR count). The van der Waals surface area contributed by atoms with Crippen molar-refractivity contribution in [2.24, 2.45) is 5.92 Å². The summed E-state index contributed by atoms with van der Waals surface area (Å²) in [6, 6.07) is 10.4. The van der Waals surface area contributed by atoms with Gasteiger partial charge in [-0.25, -0.2) is 8.78 Å². The van der Waals surface area contributed by atoms with Crippen LogP contribution in [0.3, 0.4) is 0 Å². The number of halogens is 2. The first-order chi connectivity index (χ1) is 10.5. The Morgan fingerprint density at radius 2 is 1.76 bits per heavy atom. The fraction of sp³-hybridized carbons (Fsp3) is 0.333. The highest BCUT2D eigenvalue weighted by molar-refractivity contribution is 5.25. The highest BCUT2D eigenvalue weighted by atomic mass is 19.1. The number of aryl methyl sites for hydroxylation is 1. The molecule has 1 N–H and O–H groups in total. The molecule has 0 aromatic heterocycles. The number of hydrogen-bond acceptors (Lipinski definition) is 1. The number of hydrogen-bond donors (Lipinski definition) is 1. The second-order valence-electron chi connectivity index (χ2n) is 5.38. The van der Waals surface area contributed by atoms with Gasteiger partial charge in [-0.15, -0.1) is 0 Å². The van der Waals surface area contributed by atoms with Gasteiger partial charge < -0.3 is 5.11 Å². The Morgan fingerprint density at radius 1 is 1.14 bits per heavy atom.